The van der Waals surface area contributed by atoms with Crippen molar-refractivity contribution in [2.75, 3.05) is 27.9 Å². The number of amides is 1. The topological polar surface area (TPSA) is 164 Å². The summed E-state index contributed by atoms with van der Waals surface area (Å²) >= 11 is 0. The second-order valence-corrected chi connectivity index (χ2v) is 35.5. The van der Waals surface area contributed by atoms with Gasteiger partial charge >= 0.3 is 5.97 Å². The first-order valence-corrected chi connectivity index (χ1v) is 34.7. The molecule has 2 aliphatic heterocycles. The monoisotopic (exact) mass is 1160 g/mol. The maximum absolute atomic E-state index is 14.8. The predicted octanol–water partition coefficient (Wildman–Crippen LogP) is 11.1. The van der Waals surface area contributed by atoms with Crippen LogP contribution in [0.25, 0.3) is 0 Å². The van der Waals surface area contributed by atoms with Crippen LogP contribution in [-0.2, 0) is 51.8 Å². The van der Waals surface area contributed by atoms with Gasteiger partial charge in [0.25, 0.3) is 20.0 Å². The van der Waals surface area contributed by atoms with E-state index in [2.05, 4.69) is 123 Å². The van der Waals surface area contributed by atoms with Crippen LogP contribution in [0.5, 0.6) is 0 Å². The third-order valence-electron chi connectivity index (χ3n) is 18.2. The van der Waals surface area contributed by atoms with Gasteiger partial charge < -0.3 is 37.8 Å². The SMILES string of the molecule is C=CC[C@@H]1/C=C(\C)C[C@H](C)C[C@H](OC)[C@@H](O[Si](C)(C)C(C)(C)C)[C@@H](OC)C[C@@H](C)C(=O)C(=O)C(=O)N2CCCC[C@H]2C(=O)O[C@H](/C(C)=C/[C@@H]2CC[C@@H](O[Si](c3ccccc3)(c3ccccc3)C(C)(C)C)[C@H](OC)C2)[C@H](C)[C@@H](O)CC1=O. The highest BCUT2D eigenvalue weighted by molar-refractivity contribution is 6.99. The Morgan fingerprint density at radius 1 is 0.753 bits per heavy atom. The summed E-state index contributed by atoms with van der Waals surface area (Å²) in [5, 5.41) is 14.1. The van der Waals surface area contributed by atoms with E-state index in [-0.39, 0.29) is 65.7 Å². The van der Waals surface area contributed by atoms with Crippen LogP contribution in [0.3, 0.4) is 0 Å². The lowest BCUT2D eigenvalue weighted by Gasteiger charge is -2.47. The van der Waals surface area contributed by atoms with Crippen molar-refractivity contribution in [3.63, 3.8) is 0 Å². The van der Waals surface area contributed by atoms with Crippen LogP contribution in [0, 0.1) is 29.6 Å². The lowest BCUT2D eigenvalue weighted by atomic mass is 9.81. The van der Waals surface area contributed by atoms with Crippen molar-refractivity contribution in [2.45, 2.75) is 219 Å². The van der Waals surface area contributed by atoms with E-state index in [1.807, 2.05) is 32.1 Å². The molecule has 5 rings (SSSR count). The third-order valence-corrected chi connectivity index (χ3v) is 27.7. The highest BCUT2D eigenvalue weighted by Crippen LogP contribution is 2.43. The first-order valence-electron chi connectivity index (χ1n) is 29.9. The molecular weight excluding hydrogens is 1050 g/mol. The van der Waals surface area contributed by atoms with Gasteiger partial charge in [-0.1, -0.05) is 147 Å². The number of aliphatic hydroxyl groups is 1. The lowest BCUT2D eigenvalue weighted by Crippen LogP contribution is -2.68. The molecule has 1 saturated heterocycles. The van der Waals surface area contributed by atoms with Crippen LogP contribution in [-0.4, -0.2) is 133 Å². The number of Topliss-reactive ketones (excluding diaryl/α,β-unsaturated/α-hetero) is 3. The van der Waals surface area contributed by atoms with E-state index < -0.39 is 94.4 Å². The second-order valence-electron chi connectivity index (χ2n) is 26.5. The van der Waals surface area contributed by atoms with E-state index in [1.165, 1.54) is 15.3 Å². The lowest BCUT2D eigenvalue weighted by molar-refractivity contribution is -0.165. The number of nitrogens with zero attached hydrogens (tertiary/aromatic N) is 1. The first kappa shape index (κ1) is 67.6. The van der Waals surface area contributed by atoms with Gasteiger partial charge in [0.15, 0.2) is 8.32 Å². The van der Waals surface area contributed by atoms with Crippen LogP contribution in [0.15, 0.2) is 96.6 Å². The molecule has 0 aromatic heterocycles. The summed E-state index contributed by atoms with van der Waals surface area (Å²) in [5.74, 6) is -6.33. The quantitative estimate of drug-likeness (QED) is 0.0875. The number of methoxy groups -OCH3 is 3. The van der Waals surface area contributed by atoms with E-state index in [4.69, 9.17) is 27.8 Å². The number of hydrogen-bond donors (Lipinski definition) is 1. The Labute approximate surface area is 488 Å². The van der Waals surface area contributed by atoms with Crippen LogP contribution in [0.4, 0.5) is 0 Å². The summed E-state index contributed by atoms with van der Waals surface area (Å²) in [6.45, 7) is 31.0. The first-order chi connectivity index (χ1) is 38.0. The summed E-state index contributed by atoms with van der Waals surface area (Å²) in [6, 6.07) is 20.0. The van der Waals surface area contributed by atoms with Crippen LogP contribution < -0.4 is 10.4 Å². The number of esters is 1. The van der Waals surface area contributed by atoms with Gasteiger partial charge in [-0.15, -0.1) is 6.58 Å². The minimum atomic E-state index is -2.93. The fraction of sp³-hybridized carbons (Fsp3) is 0.652. The van der Waals surface area contributed by atoms with Crippen molar-refractivity contribution in [2.24, 2.45) is 29.6 Å². The molecule has 0 radical (unpaired) electrons. The zero-order chi connectivity index (χ0) is 60.2. The number of rotatable bonds is 13. The number of allylic oxidation sites excluding steroid dienone is 4. The summed E-state index contributed by atoms with van der Waals surface area (Å²) < 4.78 is 40.0. The summed E-state index contributed by atoms with van der Waals surface area (Å²) in [4.78, 5) is 73.3. The number of benzene rings is 2. The van der Waals surface area contributed by atoms with Gasteiger partial charge in [0, 0.05) is 52.0 Å². The minimum Gasteiger partial charge on any atom is -0.456 e. The minimum absolute atomic E-state index is 0.0335. The van der Waals surface area contributed by atoms with Gasteiger partial charge in [0.2, 0.25) is 5.78 Å². The molecular formula is C66H101NO12Si2. The third kappa shape index (κ3) is 16.8. The molecule has 3 aliphatic rings. The number of cyclic esters (lactones) is 1. The fourth-order valence-electron chi connectivity index (χ4n) is 12.5. The van der Waals surface area contributed by atoms with E-state index in [0.29, 0.717) is 50.5 Å². The van der Waals surface area contributed by atoms with Crippen molar-refractivity contribution in [1.82, 2.24) is 4.90 Å². The number of piperidine rings is 1. The Morgan fingerprint density at radius 3 is 1.88 bits per heavy atom. The molecule has 2 aromatic rings. The molecule has 2 fully saturated rings. The zero-order valence-corrected chi connectivity index (χ0v) is 54.1. The summed E-state index contributed by atoms with van der Waals surface area (Å²) in [5.41, 5.74) is 1.67. The van der Waals surface area contributed by atoms with E-state index in [0.717, 1.165) is 12.0 Å². The Balaban J connectivity index is 1.53. The van der Waals surface area contributed by atoms with E-state index in [9.17, 15) is 29.1 Å². The molecule has 13 atom stereocenters. The largest absolute Gasteiger partial charge is 0.456 e. The van der Waals surface area contributed by atoms with Gasteiger partial charge in [-0.05, 0) is 129 Å². The molecule has 0 bridgehead atoms. The van der Waals surface area contributed by atoms with Crippen LogP contribution in [0.1, 0.15) is 147 Å². The molecule has 1 saturated carbocycles. The Kier molecular flexibility index (Phi) is 24.7. The van der Waals surface area contributed by atoms with Gasteiger partial charge in [-0.3, -0.25) is 19.2 Å². The normalized spacial score (nSPS) is 31.0. The standard InChI is InChI=1S/C66H101NO12Si2/c1-18-27-49-37-43(2)36-44(3)38-57(75-14)62(79-80(16,17)65(7,8)9)58(76-15)40-45(4)59(70)60(71)63(72)67-35-26-25-32-52(67)64(73)77-61(47(6)53(68)42-54(49)69)46(5)39-48-33-34-55(56(41-48)74-13)78-81(66(10,11)12,50-28-21-19-22-29-50)51-30-23-20-24-31-51/h18-24,28-31,37,39,44-45,47-49,52-53,55-58,61-62,68H,1,25-27,32-36,38,40-42H2,2-17H3/b43-37+,46-39+/t44-,45+,47+,48-,49+,52-,53-,55+,56+,57-,58-,61+,62+/m0/s1. The van der Waals surface area contributed by atoms with Crippen LogP contribution in [0.2, 0.25) is 23.2 Å². The fourth-order valence-corrected chi connectivity index (χ4v) is 18.6. The number of carbonyl (C=O) groups is 5. The van der Waals surface area contributed by atoms with Gasteiger partial charge in [0.05, 0.1) is 36.6 Å². The molecule has 2 heterocycles. The zero-order valence-electron chi connectivity index (χ0n) is 52.1. The molecule has 450 valence electrons. The Morgan fingerprint density at radius 2 is 1.33 bits per heavy atom. The molecule has 0 unspecified atom stereocenters. The number of aliphatic hydroxyl groups excluding tert-OH is 1. The number of ether oxygens (including phenoxy) is 4. The highest BCUT2D eigenvalue weighted by Gasteiger charge is 2.53. The number of ketones is 3. The highest BCUT2D eigenvalue weighted by atomic mass is 28.4. The molecule has 13 nitrogen and oxygen atoms in total. The van der Waals surface area contributed by atoms with Crippen molar-refractivity contribution >= 4 is 56.2 Å². The molecule has 1 N–H and O–H groups in total. The van der Waals surface area contributed by atoms with Crippen molar-refractivity contribution in [1.29, 1.82) is 0 Å². The van der Waals surface area contributed by atoms with Gasteiger partial charge in [0.1, 0.15) is 17.9 Å². The van der Waals surface area contributed by atoms with E-state index >= 15 is 0 Å². The average molecular weight is 1160 g/mol. The maximum atomic E-state index is 14.8. The molecule has 1 amide bonds. The molecule has 15 heteroatoms. The number of hydrogen-bond acceptors (Lipinski definition) is 12. The maximum Gasteiger partial charge on any atom is 0.329 e. The molecule has 1 aliphatic carbocycles. The Bertz CT molecular complexity index is 2440. The number of carbonyl (C=O) groups excluding carboxylic acids is 5. The van der Waals surface area contributed by atoms with Crippen molar-refractivity contribution in [3.05, 3.63) is 96.6 Å². The average Bonchev–Trinajstić information content (AvgIpc) is 3.63. The van der Waals surface area contributed by atoms with Crippen molar-refractivity contribution in [3.8, 4) is 0 Å². The van der Waals surface area contributed by atoms with Gasteiger partial charge in [-0.25, -0.2) is 4.79 Å². The summed E-state index contributed by atoms with van der Waals surface area (Å²) in [7, 11) is -0.508. The molecule has 2 aromatic carbocycles. The van der Waals surface area contributed by atoms with Crippen molar-refractivity contribution < 1.29 is 56.9 Å². The molecule has 81 heavy (non-hydrogen) atoms. The predicted molar refractivity (Wildman–Crippen MR) is 326 cm³/mol. The molecule has 0 spiro atoms. The Hall–Kier alpha value is -4.20. The van der Waals surface area contributed by atoms with Crippen LogP contribution >= 0.6 is 0 Å². The van der Waals surface area contributed by atoms with Gasteiger partial charge in [-0.2, -0.15) is 0 Å². The number of fused-ring (bicyclic) bond motifs is 1. The smallest absolute Gasteiger partial charge is 0.329 e. The summed E-state index contributed by atoms with van der Waals surface area (Å²) in [6.07, 6.45) is 6.01. The second kappa shape index (κ2) is 29.6. The van der Waals surface area contributed by atoms with E-state index in [1.54, 1.807) is 41.3 Å².